The first-order chi connectivity index (χ1) is 9.37. The van der Waals surface area contributed by atoms with E-state index in [0.717, 1.165) is 12.1 Å². The number of hydrogen-bond acceptors (Lipinski definition) is 3. The number of ether oxygens (including phenoxy) is 2. The monoisotopic (exact) mass is 290 g/mol. The van der Waals surface area contributed by atoms with Crippen LogP contribution in [-0.2, 0) is 9.53 Å². The highest BCUT2D eigenvalue weighted by Gasteiger charge is 2.34. The van der Waals surface area contributed by atoms with Crippen LogP contribution < -0.4 is 4.74 Å². The van der Waals surface area contributed by atoms with Gasteiger partial charge in [0.05, 0.1) is 12.0 Å². The molecule has 2 rings (SSSR count). The number of halogens is 3. The number of benzene rings is 1. The Labute approximate surface area is 113 Å². The van der Waals surface area contributed by atoms with Gasteiger partial charge in [-0.1, -0.05) is 12.1 Å². The molecular formula is C13H13F3O4. The molecule has 1 aromatic carbocycles. The summed E-state index contributed by atoms with van der Waals surface area (Å²) >= 11 is 0. The summed E-state index contributed by atoms with van der Waals surface area (Å²) in [7, 11) is 0. The minimum absolute atomic E-state index is 0.344. The lowest BCUT2D eigenvalue weighted by Crippen LogP contribution is -2.28. The van der Waals surface area contributed by atoms with Crippen molar-refractivity contribution in [3.8, 4) is 5.75 Å². The van der Waals surface area contributed by atoms with E-state index < -0.39 is 24.4 Å². The van der Waals surface area contributed by atoms with Gasteiger partial charge in [0.15, 0.2) is 0 Å². The lowest BCUT2D eigenvalue weighted by Gasteiger charge is -2.29. The minimum atomic E-state index is -4.74. The van der Waals surface area contributed by atoms with E-state index in [2.05, 4.69) is 4.74 Å². The molecule has 1 N–H and O–H groups in total. The lowest BCUT2D eigenvalue weighted by atomic mass is 9.89. The predicted octanol–water partition coefficient (Wildman–Crippen LogP) is 3.14. The van der Waals surface area contributed by atoms with Crippen LogP contribution in [0.5, 0.6) is 5.75 Å². The van der Waals surface area contributed by atoms with Gasteiger partial charge < -0.3 is 14.6 Å². The molecule has 0 aromatic heterocycles. The van der Waals surface area contributed by atoms with Crippen molar-refractivity contribution in [3.63, 3.8) is 0 Å². The second-order valence-corrected chi connectivity index (χ2v) is 4.50. The average molecular weight is 290 g/mol. The molecular weight excluding hydrogens is 277 g/mol. The maximum atomic E-state index is 12.0. The van der Waals surface area contributed by atoms with Crippen molar-refractivity contribution >= 4 is 5.97 Å². The standard InChI is InChI=1S/C13H13F3O4/c14-13(15,16)20-9-5-3-8(4-6-9)11-10(12(17)18)2-1-7-19-11/h3-6,10-11H,1-2,7H2,(H,17,18). The van der Waals surface area contributed by atoms with Gasteiger partial charge in [0.2, 0.25) is 0 Å². The molecule has 0 radical (unpaired) electrons. The van der Waals surface area contributed by atoms with Crippen LogP contribution in [0.25, 0.3) is 0 Å². The van der Waals surface area contributed by atoms with Crippen LogP contribution in [-0.4, -0.2) is 24.0 Å². The smallest absolute Gasteiger partial charge is 0.481 e. The zero-order chi connectivity index (χ0) is 14.8. The fraction of sp³-hybridized carbons (Fsp3) is 0.462. The molecule has 7 heteroatoms. The number of rotatable bonds is 3. The van der Waals surface area contributed by atoms with E-state index in [1.165, 1.54) is 12.1 Å². The van der Waals surface area contributed by atoms with E-state index in [1.54, 1.807) is 0 Å². The Balaban J connectivity index is 2.14. The maximum absolute atomic E-state index is 12.0. The van der Waals surface area contributed by atoms with Crippen molar-refractivity contribution in [3.05, 3.63) is 29.8 Å². The van der Waals surface area contributed by atoms with Crippen LogP contribution in [0.15, 0.2) is 24.3 Å². The molecule has 20 heavy (non-hydrogen) atoms. The van der Waals surface area contributed by atoms with Gasteiger partial charge >= 0.3 is 12.3 Å². The van der Waals surface area contributed by atoms with E-state index >= 15 is 0 Å². The highest BCUT2D eigenvalue weighted by Crippen LogP contribution is 2.35. The van der Waals surface area contributed by atoms with Crippen LogP contribution in [0.4, 0.5) is 13.2 Å². The van der Waals surface area contributed by atoms with Crippen molar-refractivity contribution in [2.24, 2.45) is 5.92 Å². The number of aliphatic carboxylic acids is 1. The van der Waals surface area contributed by atoms with Crippen LogP contribution in [0, 0.1) is 5.92 Å². The van der Waals surface area contributed by atoms with E-state index in [1.807, 2.05) is 0 Å². The first-order valence-corrected chi connectivity index (χ1v) is 6.07. The molecule has 0 aliphatic carbocycles. The minimum Gasteiger partial charge on any atom is -0.481 e. The van der Waals surface area contributed by atoms with E-state index in [-0.39, 0.29) is 5.75 Å². The third kappa shape index (κ3) is 3.63. The van der Waals surface area contributed by atoms with E-state index in [4.69, 9.17) is 9.84 Å². The molecule has 1 saturated heterocycles. The molecule has 1 heterocycles. The zero-order valence-corrected chi connectivity index (χ0v) is 10.4. The molecule has 0 spiro atoms. The van der Waals surface area contributed by atoms with Gasteiger partial charge in [-0.3, -0.25) is 4.79 Å². The highest BCUT2D eigenvalue weighted by atomic mass is 19.4. The SMILES string of the molecule is O=C(O)C1CCCOC1c1ccc(OC(F)(F)F)cc1. The first kappa shape index (κ1) is 14.6. The van der Waals surface area contributed by atoms with Gasteiger partial charge in [-0.15, -0.1) is 13.2 Å². The van der Waals surface area contributed by atoms with Crippen molar-refractivity contribution < 1.29 is 32.5 Å². The fourth-order valence-electron chi connectivity index (χ4n) is 2.22. The summed E-state index contributed by atoms with van der Waals surface area (Å²) in [6, 6.07) is 5.10. The summed E-state index contributed by atoms with van der Waals surface area (Å²) in [5, 5.41) is 9.12. The summed E-state index contributed by atoms with van der Waals surface area (Å²) < 4.78 is 45.3. The molecule has 2 unspecified atom stereocenters. The summed E-state index contributed by atoms with van der Waals surface area (Å²) in [4.78, 5) is 11.1. The third-order valence-electron chi connectivity index (χ3n) is 3.08. The highest BCUT2D eigenvalue weighted by molar-refractivity contribution is 5.71. The Hall–Kier alpha value is -1.76. The van der Waals surface area contributed by atoms with Crippen LogP contribution in [0.2, 0.25) is 0 Å². The molecule has 1 aliphatic rings. The molecule has 1 aliphatic heterocycles. The molecule has 0 saturated carbocycles. The van der Waals surface area contributed by atoms with Gasteiger partial charge in [-0.25, -0.2) is 0 Å². The third-order valence-corrected chi connectivity index (χ3v) is 3.08. The Morgan fingerprint density at radius 3 is 2.50 bits per heavy atom. The van der Waals surface area contributed by atoms with Crippen LogP contribution >= 0.6 is 0 Å². The van der Waals surface area contributed by atoms with Crippen molar-refractivity contribution in [2.45, 2.75) is 25.3 Å². The number of alkyl halides is 3. The Morgan fingerprint density at radius 1 is 1.30 bits per heavy atom. The Morgan fingerprint density at radius 2 is 1.95 bits per heavy atom. The summed E-state index contributed by atoms with van der Waals surface area (Å²) in [5.74, 6) is -1.99. The Kier molecular flexibility index (Phi) is 4.17. The second-order valence-electron chi connectivity index (χ2n) is 4.50. The van der Waals surface area contributed by atoms with Crippen molar-refractivity contribution in [1.82, 2.24) is 0 Å². The number of carboxylic acids is 1. The van der Waals surface area contributed by atoms with Gasteiger partial charge in [0.25, 0.3) is 0 Å². The number of carbonyl (C=O) groups is 1. The molecule has 4 nitrogen and oxygen atoms in total. The van der Waals surface area contributed by atoms with Gasteiger partial charge in [0, 0.05) is 6.61 Å². The Bertz CT molecular complexity index is 469. The molecule has 110 valence electrons. The summed E-state index contributed by atoms with van der Waals surface area (Å²) in [5.41, 5.74) is 0.534. The van der Waals surface area contributed by atoms with Crippen molar-refractivity contribution in [1.29, 1.82) is 0 Å². The molecule has 0 amide bonds. The van der Waals surface area contributed by atoms with Gasteiger partial charge in [-0.05, 0) is 30.5 Å². The first-order valence-electron chi connectivity index (χ1n) is 6.07. The number of hydrogen-bond donors (Lipinski definition) is 1. The van der Waals surface area contributed by atoms with Crippen LogP contribution in [0.3, 0.4) is 0 Å². The zero-order valence-electron chi connectivity index (χ0n) is 10.4. The largest absolute Gasteiger partial charge is 0.573 e. The average Bonchev–Trinajstić information content (AvgIpc) is 2.38. The fourth-order valence-corrected chi connectivity index (χ4v) is 2.22. The second kappa shape index (κ2) is 5.70. The normalized spacial score (nSPS) is 23.4. The van der Waals surface area contributed by atoms with Gasteiger partial charge in [0.1, 0.15) is 5.75 Å². The van der Waals surface area contributed by atoms with Gasteiger partial charge in [-0.2, -0.15) is 0 Å². The van der Waals surface area contributed by atoms with Crippen LogP contribution in [0.1, 0.15) is 24.5 Å². The molecule has 1 fully saturated rings. The van der Waals surface area contributed by atoms with Crippen molar-refractivity contribution in [2.75, 3.05) is 6.61 Å². The maximum Gasteiger partial charge on any atom is 0.573 e. The topological polar surface area (TPSA) is 55.8 Å². The molecule has 2 atom stereocenters. The predicted molar refractivity (Wildman–Crippen MR) is 62.2 cm³/mol. The quantitative estimate of drug-likeness (QED) is 0.929. The molecule has 1 aromatic rings. The lowest BCUT2D eigenvalue weighted by molar-refractivity contribution is -0.274. The summed E-state index contributed by atoms with van der Waals surface area (Å²) in [6.45, 7) is 0.440. The molecule has 0 bridgehead atoms. The van der Waals surface area contributed by atoms with E-state index in [9.17, 15) is 18.0 Å². The number of carboxylic acid groups (broad SMARTS) is 1. The summed E-state index contributed by atoms with van der Waals surface area (Å²) in [6.07, 6.45) is -4.24. The van der Waals surface area contributed by atoms with E-state index in [0.29, 0.717) is 25.0 Å².